The number of hydrogen-bond donors (Lipinski definition) is 2. The number of likely N-dealkylation sites (tertiary alicyclic amines) is 1. The lowest BCUT2D eigenvalue weighted by Crippen LogP contribution is -2.35. The molecule has 3 amide bonds. The maximum Gasteiger partial charge on any atom is 0.321 e. The molecule has 3 saturated heterocycles. The van der Waals surface area contributed by atoms with Gasteiger partial charge in [-0.2, -0.15) is 0 Å². The van der Waals surface area contributed by atoms with E-state index in [1.807, 2.05) is 34.9 Å². The first kappa shape index (κ1) is 15.4. The van der Waals surface area contributed by atoms with E-state index in [0.717, 1.165) is 56.1 Å². The van der Waals surface area contributed by atoms with E-state index in [0.29, 0.717) is 18.3 Å². The third kappa shape index (κ3) is 2.75. The van der Waals surface area contributed by atoms with E-state index in [1.165, 1.54) is 0 Å². The number of rotatable bonds is 2. The lowest BCUT2D eigenvalue weighted by atomic mass is 10.0. The molecule has 24 heavy (non-hydrogen) atoms. The summed E-state index contributed by atoms with van der Waals surface area (Å²) in [4.78, 5) is 28.1. The lowest BCUT2D eigenvalue weighted by Gasteiger charge is -2.21. The zero-order valence-corrected chi connectivity index (χ0v) is 14.0. The van der Waals surface area contributed by atoms with Gasteiger partial charge in [0.05, 0.1) is 0 Å². The molecule has 0 saturated carbocycles. The predicted molar refractivity (Wildman–Crippen MR) is 93.2 cm³/mol. The summed E-state index contributed by atoms with van der Waals surface area (Å²) in [5.41, 5.74) is 2.77. The van der Waals surface area contributed by atoms with Crippen molar-refractivity contribution in [1.82, 2.24) is 10.2 Å². The highest BCUT2D eigenvalue weighted by Gasteiger charge is 2.38. The molecule has 128 valence electrons. The van der Waals surface area contributed by atoms with E-state index in [9.17, 15) is 9.59 Å². The van der Waals surface area contributed by atoms with Crippen LogP contribution in [0.25, 0.3) is 0 Å². The molecule has 2 atom stereocenters. The van der Waals surface area contributed by atoms with Crippen LogP contribution in [0.1, 0.15) is 18.4 Å². The third-order valence-corrected chi connectivity index (χ3v) is 5.49. The van der Waals surface area contributed by atoms with E-state index in [4.69, 9.17) is 0 Å². The van der Waals surface area contributed by atoms with Crippen molar-refractivity contribution in [3.63, 3.8) is 0 Å². The van der Waals surface area contributed by atoms with Crippen LogP contribution < -0.4 is 15.5 Å². The number of amides is 3. The third-order valence-electron chi connectivity index (χ3n) is 5.49. The predicted octanol–water partition coefficient (Wildman–Crippen LogP) is 1.80. The molecule has 3 aliphatic rings. The quantitative estimate of drug-likeness (QED) is 0.870. The van der Waals surface area contributed by atoms with Crippen molar-refractivity contribution in [3.8, 4) is 0 Å². The zero-order chi connectivity index (χ0) is 16.7. The van der Waals surface area contributed by atoms with E-state index in [2.05, 4.69) is 10.6 Å². The number of fused-ring (bicyclic) bond motifs is 1. The number of urea groups is 1. The van der Waals surface area contributed by atoms with Gasteiger partial charge in [-0.3, -0.25) is 4.79 Å². The average Bonchev–Trinajstić information content (AvgIpc) is 3.23. The first-order valence-electron chi connectivity index (χ1n) is 8.79. The van der Waals surface area contributed by atoms with Gasteiger partial charge in [0.2, 0.25) is 5.91 Å². The summed E-state index contributed by atoms with van der Waals surface area (Å²) in [6, 6.07) is 5.77. The summed E-state index contributed by atoms with van der Waals surface area (Å²) in [6.45, 7) is 6.49. The Morgan fingerprint density at radius 2 is 2.00 bits per heavy atom. The number of benzene rings is 1. The molecule has 2 N–H and O–H groups in total. The summed E-state index contributed by atoms with van der Waals surface area (Å²) < 4.78 is 0. The highest BCUT2D eigenvalue weighted by atomic mass is 16.2. The second-order valence-corrected chi connectivity index (χ2v) is 7.16. The van der Waals surface area contributed by atoms with Gasteiger partial charge in [0.1, 0.15) is 0 Å². The Morgan fingerprint density at radius 1 is 1.25 bits per heavy atom. The number of aryl methyl sites for hydroxylation is 1. The highest BCUT2D eigenvalue weighted by molar-refractivity contribution is 5.97. The highest BCUT2D eigenvalue weighted by Crippen LogP contribution is 2.29. The number of nitrogens with zero attached hydrogens (tertiary/aromatic N) is 2. The Hall–Kier alpha value is -2.08. The van der Waals surface area contributed by atoms with E-state index in [-0.39, 0.29) is 11.9 Å². The standard InChI is InChI=1S/C18H24N4O2/c1-12-7-15(4-5-16(12)22-6-2-3-17(22)23)20-18(24)21-10-13-8-19-9-14(13)11-21/h4-5,7,13-14,19H,2-3,6,8-11H2,1H3,(H,20,24)/t13-,14+. The molecule has 0 spiro atoms. The van der Waals surface area contributed by atoms with Gasteiger partial charge in [0.25, 0.3) is 0 Å². The topological polar surface area (TPSA) is 64.7 Å². The number of anilines is 2. The molecule has 1 aromatic carbocycles. The van der Waals surface area contributed by atoms with Crippen LogP contribution in [0.3, 0.4) is 0 Å². The van der Waals surface area contributed by atoms with Gasteiger partial charge in [-0.15, -0.1) is 0 Å². The average molecular weight is 328 g/mol. The molecule has 0 unspecified atom stereocenters. The largest absolute Gasteiger partial charge is 0.324 e. The Morgan fingerprint density at radius 3 is 2.62 bits per heavy atom. The fourth-order valence-corrected chi connectivity index (χ4v) is 4.16. The fourth-order valence-electron chi connectivity index (χ4n) is 4.16. The number of carbonyl (C=O) groups excluding carboxylic acids is 2. The fraction of sp³-hybridized carbons (Fsp3) is 0.556. The van der Waals surface area contributed by atoms with Crippen LogP contribution in [0.4, 0.5) is 16.2 Å². The van der Waals surface area contributed by atoms with Gasteiger partial charge >= 0.3 is 6.03 Å². The zero-order valence-electron chi connectivity index (χ0n) is 14.0. The van der Waals surface area contributed by atoms with Gasteiger partial charge < -0.3 is 20.4 Å². The summed E-state index contributed by atoms with van der Waals surface area (Å²) in [5.74, 6) is 1.38. The van der Waals surface area contributed by atoms with Crippen LogP contribution >= 0.6 is 0 Å². The van der Waals surface area contributed by atoms with Crippen molar-refractivity contribution >= 4 is 23.3 Å². The van der Waals surface area contributed by atoms with Gasteiger partial charge in [-0.1, -0.05) is 0 Å². The molecule has 3 heterocycles. The molecule has 6 heteroatoms. The van der Waals surface area contributed by atoms with E-state index < -0.39 is 0 Å². The van der Waals surface area contributed by atoms with E-state index >= 15 is 0 Å². The van der Waals surface area contributed by atoms with Gasteiger partial charge in [0.15, 0.2) is 0 Å². The monoisotopic (exact) mass is 328 g/mol. The molecule has 3 fully saturated rings. The maximum absolute atomic E-state index is 12.5. The SMILES string of the molecule is Cc1cc(NC(=O)N2C[C@H]3CNC[C@H]3C2)ccc1N1CCCC1=O. The second-order valence-electron chi connectivity index (χ2n) is 7.16. The molecule has 4 rings (SSSR count). The molecule has 6 nitrogen and oxygen atoms in total. The lowest BCUT2D eigenvalue weighted by molar-refractivity contribution is -0.117. The minimum atomic E-state index is -0.0196. The number of carbonyl (C=O) groups is 2. The maximum atomic E-state index is 12.5. The van der Waals surface area contributed by atoms with Crippen LogP contribution in [0.2, 0.25) is 0 Å². The van der Waals surface area contributed by atoms with Crippen LogP contribution in [0, 0.1) is 18.8 Å². The van der Waals surface area contributed by atoms with Gasteiger partial charge in [0, 0.05) is 50.5 Å². The van der Waals surface area contributed by atoms with Gasteiger partial charge in [-0.25, -0.2) is 4.79 Å². The molecule has 0 radical (unpaired) electrons. The van der Waals surface area contributed by atoms with Crippen LogP contribution in [-0.2, 0) is 4.79 Å². The van der Waals surface area contributed by atoms with Crippen molar-refractivity contribution in [1.29, 1.82) is 0 Å². The molecule has 3 aliphatic heterocycles. The van der Waals surface area contributed by atoms with Crippen LogP contribution in [0.5, 0.6) is 0 Å². The van der Waals surface area contributed by atoms with Crippen LogP contribution in [-0.4, -0.2) is 49.6 Å². The normalized spacial score (nSPS) is 26.1. The Kier molecular flexibility index (Phi) is 3.92. The van der Waals surface area contributed by atoms with Crippen molar-refractivity contribution in [2.24, 2.45) is 11.8 Å². The summed E-state index contributed by atoms with van der Waals surface area (Å²) >= 11 is 0. The molecular formula is C18H24N4O2. The molecule has 0 aromatic heterocycles. The Balaban J connectivity index is 1.42. The van der Waals surface area contributed by atoms with Crippen molar-refractivity contribution in [2.45, 2.75) is 19.8 Å². The summed E-state index contributed by atoms with van der Waals surface area (Å²) in [5, 5.41) is 6.39. The number of nitrogens with one attached hydrogen (secondary N) is 2. The minimum absolute atomic E-state index is 0.0196. The summed E-state index contributed by atoms with van der Waals surface area (Å²) in [6.07, 6.45) is 1.55. The first-order chi connectivity index (χ1) is 11.6. The van der Waals surface area contributed by atoms with E-state index in [1.54, 1.807) is 0 Å². The molecule has 0 bridgehead atoms. The van der Waals surface area contributed by atoms with Crippen molar-refractivity contribution < 1.29 is 9.59 Å². The van der Waals surface area contributed by atoms with Crippen LogP contribution in [0.15, 0.2) is 18.2 Å². The first-order valence-corrected chi connectivity index (χ1v) is 8.79. The molecule has 0 aliphatic carbocycles. The second kappa shape index (κ2) is 6.09. The summed E-state index contributed by atoms with van der Waals surface area (Å²) in [7, 11) is 0. The van der Waals surface area contributed by atoms with Crippen molar-refractivity contribution in [3.05, 3.63) is 23.8 Å². The molecule has 1 aromatic rings. The smallest absolute Gasteiger partial charge is 0.321 e. The minimum Gasteiger partial charge on any atom is -0.324 e. The Labute approximate surface area is 142 Å². The van der Waals surface area contributed by atoms with Gasteiger partial charge in [-0.05, 0) is 48.9 Å². The Bertz CT molecular complexity index is 663. The number of hydrogen-bond acceptors (Lipinski definition) is 3. The van der Waals surface area contributed by atoms with Crippen molar-refractivity contribution in [2.75, 3.05) is 42.9 Å². The molecular weight excluding hydrogens is 304 g/mol.